The highest BCUT2D eigenvalue weighted by atomic mass is 35.5. The number of nitrogens with zero attached hydrogens (tertiary/aromatic N) is 1. The second-order valence-electron chi connectivity index (χ2n) is 5.72. The van der Waals surface area contributed by atoms with Gasteiger partial charge in [-0.3, -0.25) is 9.32 Å². The molecule has 134 valence electrons. The van der Waals surface area contributed by atoms with Gasteiger partial charge in [0.05, 0.1) is 5.25 Å². The zero-order valence-electron chi connectivity index (χ0n) is 14.2. The molecule has 0 aliphatic rings. The molecule has 2 N–H and O–H groups in total. The number of rotatable bonds is 5. The third-order valence-electron chi connectivity index (χ3n) is 3.65. The number of H-pyrrole nitrogens is 1. The van der Waals surface area contributed by atoms with E-state index in [9.17, 15) is 9.59 Å². The summed E-state index contributed by atoms with van der Waals surface area (Å²) in [5.41, 5.74) is 1.91. The molecule has 2 aromatic carbocycles. The molecule has 0 saturated heterocycles. The summed E-state index contributed by atoms with van der Waals surface area (Å²) in [5, 5.41) is 5.66. The summed E-state index contributed by atoms with van der Waals surface area (Å²) < 4.78 is 6.43. The average molecular weight is 391 g/mol. The Morgan fingerprint density at radius 3 is 2.69 bits per heavy atom. The number of hydrogen-bond donors (Lipinski definition) is 2. The number of nitrogens with one attached hydrogen (secondary N) is 2. The normalized spacial score (nSPS) is 12.0. The summed E-state index contributed by atoms with van der Waals surface area (Å²) in [6.45, 7) is 3.70. The number of carbonyl (C=O) groups excluding carboxylic acids is 1. The second-order valence-corrected chi connectivity index (χ2v) is 7.48. The fourth-order valence-corrected chi connectivity index (χ4v) is 3.34. The Labute approximate surface area is 159 Å². The Bertz CT molecular complexity index is 982. The van der Waals surface area contributed by atoms with Crippen LogP contribution in [-0.4, -0.2) is 16.4 Å². The van der Waals surface area contributed by atoms with Gasteiger partial charge in [-0.1, -0.05) is 35.4 Å². The lowest BCUT2D eigenvalue weighted by molar-refractivity contribution is -0.704. The van der Waals surface area contributed by atoms with E-state index in [0.717, 1.165) is 23.0 Å². The number of benzene rings is 2. The van der Waals surface area contributed by atoms with Crippen molar-refractivity contribution in [2.45, 2.75) is 24.1 Å². The van der Waals surface area contributed by atoms with Gasteiger partial charge in [-0.2, -0.15) is 0 Å². The minimum Gasteiger partial charge on any atom is -0.325 e. The number of thioether (sulfide) groups is 1. The molecule has 0 aliphatic heterocycles. The quantitative estimate of drug-likeness (QED) is 0.517. The number of aromatic amines is 1. The Balaban J connectivity index is 1.78. The summed E-state index contributed by atoms with van der Waals surface area (Å²) in [6, 6.07) is 14.5. The van der Waals surface area contributed by atoms with Gasteiger partial charge in [0.2, 0.25) is 11.6 Å². The van der Waals surface area contributed by atoms with Gasteiger partial charge in [0.1, 0.15) is 0 Å². The van der Waals surface area contributed by atoms with Crippen molar-refractivity contribution >= 4 is 35.0 Å². The number of carbonyl (C=O) groups is 1. The molecule has 0 spiro atoms. The van der Waals surface area contributed by atoms with Gasteiger partial charge in [-0.25, -0.2) is 4.79 Å². The molecule has 1 unspecified atom stereocenters. The van der Waals surface area contributed by atoms with Gasteiger partial charge >= 0.3 is 10.7 Å². The summed E-state index contributed by atoms with van der Waals surface area (Å²) >= 11 is 7.04. The van der Waals surface area contributed by atoms with Crippen molar-refractivity contribution in [3.05, 3.63) is 69.5 Å². The topological polar surface area (TPSA) is 79.0 Å². The monoisotopic (exact) mass is 390 g/mol. The fourth-order valence-electron chi connectivity index (χ4n) is 2.26. The van der Waals surface area contributed by atoms with Crippen LogP contribution in [0, 0.1) is 6.92 Å². The Kier molecular flexibility index (Phi) is 5.49. The first-order chi connectivity index (χ1) is 12.4. The molecular formula is C18H17ClN3O3S+. The maximum atomic E-state index is 12.4. The maximum Gasteiger partial charge on any atom is 0.442 e. The zero-order valence-corrected chi connectivity index (χ0v) is 15.7. The van der Waals surface area contributed by atoms with E-state index >= 15 is 0 Å². The van der Waals surface area contributed by atoms with Crippen LogP contribution in [-0.2, 0) is 4.79 Å². The van der Waals surface area contributed by atoms with Crippen molar-refractivity contribution in [2.24, 2.45) is 0 Å². The van der Waals surface area contributed by atoms with Gasteiger partial charge in [0, 0.05) is 22.8 Å². The van der Waals surface area contributed by atoms with Crippen LogP contribution in [0.2, 0.25) is 5.02 Å². The van der Waals surface area contributed by atoms with Crippen LogP contribution in [0.1, 0.15) is 12.5 Å². The van der Waals surface area contributed by atoms with E-state index in [1.165, 1.54) is 4.68 Å². The highest BCUT2D eigenvalue weighted by molar-refractivity contribution is 8.00. The van der Waals surface area contributed by atoms with Crippen molar-refractivity contribution < 1.29 is 14.0 Å². The standard InChI is InChI=1S/C18H16ClN3O3S/c1-11-6-8-15(9-7-11)22-17(18(24)25-21-22)26-12(2)16(23)20-14-5-3-4-13(19)10-14/h3-10,12H,1-2H3,(H-,20,21,23,24)/p+1. The van der Waals surface area contributed by atoms with E-state index in [-0.39, 0.29) is 5.91 Å². The smallest absolute Gasteiger partial charge is 0.325 e. The van der Waals surface area contributed by atoms with E-state index in [1.54, 1.807) is 31.2 Å². The highest BCUT2D eigenvalue weighted by Gasteiger charge is 2.29. The van der Waals surface area contributed by atoms with Crippen LogP contribution in [0.25, 0.3) is 5.69 Å². The molecule has 3 aromatic rings. The number of aryl methyl sites for hydroxylation is 1. The minimum atomic E-state index is -0.530. The molecule has 0 saturated carbocycles. The molecule has 3 rings (SSSR count). The first-order valence-corrected chi connectivity index (χ1v) is 9.13. The summed E-state index contributed by atoms with van der Waals surface area (Å²) in [5.74, 6) is -0.242. The van der Waals surface area contributed by atoms with Crippen molar-refractivity contribution in [3.63, 3.8) is 0 Å². The fraction of sp³-hybridized carbons (Fsp3) is 0.167. The van der Waals surface area contributed by atoms with Crippen LogP contribution < -0.4 is 15.6 Å². The third kappa shape index (κ3) is 4.17. The first kappa shape index (κ1) is 18.3. The molecule has 6 nitrogen and oxygen atoms in total. The molecule has 0 bridgehead atoms. The number of hydrogen-bond acceptors (Lipinski definition) is 4. The van der Waals surface area contributed by atoms with Gasteiger partial charge in [0.15, 0.2) is 0 Å². The van der Waals surface area contributed by atoms with E-state index in [4.69, 9.17) is 16.1 Å². The van der Waals surface area contributed by atoms with Gasteiger partial charge in [-0.05, 0) is 53.8 Å². The Morgan fingerprint density at radius 2 is 2.00 bits per heavy atom. The van der Waals surface area contributed by atoms with E-state index in [2.05, 4.69) is 10.6 Å². The maximum absolute atomic E-state index is 12.4. The van der Waals surface area contributed by atoms with Crippen molar-refractivity contribution in [3.8, 4) is 5.69 Å². The molecular weight excluding hydrogens is 374 g/mol. The molecule has 0 aliphatic carbocycles. The van der Waals surface area contributed by atoms with Crippen molar-refractivity contribution in [1.82, 2.24) is 5.27 Å². The van der Waals surface area contributed by atoms with Crippen LogP contribution in [0.4, 0.5) is 5.69 Å². The Hall–Kier alpha value is -2.51. The number of amides is 1. The lowest BCUT2D eigenvalue weighted by Crippen LogP contribution is -2.37. The van der Waals surface area contributed by atoms with Crippen LogP contribution in [0.15, 0.2) is 62.9 Å². The van der Waals surface area contributed by atoms with Gasteiger partial charge in [0.25, 0.3) is 0 Å². The molecule has 8 heteroatoms. The first-order valence-electron chi connectivity index (χ1n) is 7.87. The van der Waals surface area contributed by atoms with Crippen LogP contribution in [0.3, 0.4) is 0 Å². The van der Waals surface area contributed by atoms with E-state index in [1.807, 2.05) is 31.2 Å². The van der Waals surface area contributed by atoms with Crippen LogP contribution >= 0.6 is 23.4 Å². The van der Waals surface area contributed by atoms with E-state index in [0.29, 0.717) is 15.7 Å². The minimum absolute atomic E-state index is 0.242. The molecule has 0 fully saturated rings. The van der Waals surface area contributed by atoms with Crippen molar-refractivity contribution in [1.29, 1.82) is 0 Å². The lowest BCUT2D eigenvalue weighted by atomic mass is 10.2. The molecule has 1 atom stereocenters. The largest absolute Gasteiger partial charge is 0.442 e. The zero-order chi connectivity index (χ0) is 18.7. The predicted octanol–water partition coefficient (Wildman–Crippen LogP) is 3.33. The molecule has 1 amide bonds. The van der Waals surface area contributed by atoms with Crippen molar-refractivity contribution in [2.75, 3.05) is 5.32 Å². The summed E-state index contributed by atoms with van der Waals surface area (Å²) in [4.78, 5) is 24.5. The Morgan fingerprint density at radius 1 is 1.27 bits per heavy atom. The third-order valence-corrected chi connectivity index (χ3v) is 5.02. The highest BCUT2D eigenvalue weighted by Crippen LogP contribution is 2.21. The summed E-state index contributed by atoms with van der Waals surface area (Å²) in [7, 11) is 0. The van der Waals surface area contributed by atoms with Gasteiger partial charge < -0.3 is 5.32 Å². The molecule has 1 aromatic heterocycles. The predicted molar refractivity (Wildman–Crippen MR) is 101 cm³/mol. The lowest BCUT2D eigenvalue weighted by Gasteiger charge is -2.09. The SMILES string of the molecule is Cc1ccc(-[n+]2[nH]oc(=O)c2SC(C)C(=O)Nc2cccc(Cl)c2)cc1. The number of halogens is 1. The average Bonchev–Trinajstić information content (AvgIpc) is 2.96. The molecule has 1 heterocycles. The van der Waals surface area contributed by atoms with Gasteiger partial charge in [-0.15, -0.1) is 0 Å². The van der Waals surface area contributed by atoms with Crippen LogP contribution in [0.5, 0.6) is 0 Å². The van der Waals surface area contributed by atoms with E-state index < -0.39 is 10.9 Å². The summed E-state index contributed by atoms with van der Waals surface area (Å²) in [6.07, 6.45) is 0. The number of anilines is 1. The molecule has 0 radical (unpaired) electrons. The second kappa shape index (κ2) is 7.80. The molecule has 26 heavy (non-hydrogen) atoms. The number of aromatic nitrogens is 2.